The lowest BCUT2D eigenvalue weighted by Crippen LogP contribution is -2.35. The van der Waals surface area contributed by atoms with Crippen LogP contribution >= 0.6 is 11.6 Å². The molecule has 35 heavy (non-hydrogen) atoms. The number of rotatable bonds is 5. The van der Waals surface area contributed by atoms with E-state index < -0.39 is 17.5 Å². The standard InChI is InChI=1S/C24H22ClF2N7O/c1-28-24(35)14-2-4-19(17(26)10-14)32-22-21-18(27)12-34(23(21)31-13-30-22)16-6-8-33(9-7-16)20-5-3-15(25)11-29-20/h2-5,10-13,16H,6-9H2,1H3,(H,28,35)(H,30,31,32). The van der Waals surface area contributed by atoms with E-state index in [1.807, 2.05) is 16.7 Å². The topological polar surface area (TPSA) is 88.0 Å². The Morgan fingerprint density at radius 1 is 1.09 bits per heavy atom. The molecule has 1 saturated heterocycles. The summed E-state index contributed by atoms with van der Waals surface area (Å²) in [5.41, 5.74) is 0.694. The molecule has 2 N–H and O–H groups in total. The summed E-state index contributed by atoms with van der Waals surface area (Å²) in [4.78, 5) is 26.8. The average Bonchev–Trinajstić information content (AvgIpc) is 3.22. The van der Waals surface area contributed by atoms with Gasteiger partial charge >= 0.3 is 0 Å². The first kappa shape index (κ1) is 23.0. The van der Waals surface area contributed by atoms with Crippen molar-refractivity contribution in [3.63, 3.8) is 0 Å². The molecule has 0 aliphatic carbocycles. The van der Waals surface area contributed by atoms with Gasteiger partial charge in [-0.15, -0.1) is 0 Å². The van der Waals surface area contributed by atoms with Crippen LogP contribution < -0.4 is 15.5 Å². The van der Waals surface area contributed by atoms with Gasteiger partial charge in [0.2, 0.25) is 0 Å². The maximum atomic E-state index is 15.1. The molecular formula is C24H22ClF2N7O. The van der Waals surface area contributed by atoms with Gasteiger partial charge in [0, 0.05) is 44.1 Å². The van der Waals surface area contributed by atoms with Crippen molar-refractivity contribution in [2.24, 2.45) is 0 Å². The highest BCUT2D eigenvalue weighted by Crippen LogP contribution is 2.33. The Kier molecular flexibility index (Phi) is 6.21. The van der Waals surface area contributed by atoms with Gasteiger partial charge in [0.05, 0.1) is 16.1 Å². The number of hydrogen-bond donors (Lipinski definition) is 2. The van der Waals surface area contributed by atoms with Gasteiger partial charge in [-0.3, -0.25) is 4.79 Å². The summed E-state index contributed by atoms with van der Waals surface area (Å²) < 4.78 is 31.6. The number of nitrogens with zero attached hydrogens (tertiary/aromatic N) is 5. The van der Waals surface area contributed by atoms with Gasteiger partial charge in [0.1, 0.15) is 29.4 Å². The minimum Gasteiger partial charge on any atom is -0.356 e. The summed E-state index contributed by atoms with van der Waals surface area (Å²) in [6.07, 6.45) is 5.92. The van der Waals surface area contributed by atoms with Crippen LogP contribution in [0.1, 0.15) is 29.2 Å². The van der Waals surface area contributed by atoms with Gasteiger partial charge < -0.3 is 20.1 Å². The number of pyridine rings is 1. The van der Waals surface area contributed by atoms with Crippen LogP contribution in [0.3, 0.4) is 0 Å². The van der Waals surface area contributed by atoms with Crippen molar-refractivity contribution in [3.05, 3.63) is 71.3 Å². The minimum atomic E-state index is -0.652. The van der Waals surface area contributed by atoms with Crippen molar-refractivity contribution >= 4 is 45.9 Å². The quantitative estimate of drug-likeness (QED) is 0.415. The summed E-state index contributed by atoms with van der Waals surface area (Å²) in [5.74, 6) is -0.538. The Labute approximate surface area is 205 Å². The molecule has 4 aromatic rings. The number of halogens is 3. The lowest BCUT2D eigenvalue weighted by Gasteiger charge is -2.33. The summed E-state index contributed by atoms with van der Waals surface area (Å²) in [6, 6.07) is 7.75. The molecule has 4 heterocycles. The zero-order chi connectivity index (χ0) is 24.5. The number of fused-ring (bicyclic) bond motifs is 1. The molecule has 3 aromatic heterocycles. The van der Waals surface area contributed by atoms with E-state index in [4.69, 9.17) is 11.6 Å². The van der Waals surface area contributed by atoms with Crippen LogP contribution in [0.4, 0.5) is 26.1 Å². The molecule has 0 radical (unpaired) electrons. The number of anilines is 3. The molecule has 1 aromatic carbocycles. The summed E-state index contributed by atoms with van der Waals surface area (Å²) in [7, 11) is 1.47. The summed E-state index contributed by atoms with van der Waals surface area (Å²) >= 11 is 5.94. The van der Waals surface area contributed by atoms with E-state index >= 15 is 4.39 Å². The van der Waals surface area contributed by atoms with Gasteiger partial charge in [-0.05, 0) is 43.2 Å². The van der Waals surface area contributed by atoms with Crippen molar-refractivity contribution < 1.29 is 13.6 Å². The molecule has 5 rings (SSSR count). The highest BCUT2D eigenvalue weighted by Gasteiger charge is 2.25. The number of hydrogen-bond acceptors (Lipinski definition) is 6. The van der Waals surface area contributed by atoms with E-state index in [1.54, 1.807) is 6.20 Å². The number of amides is 1. The number of benzene rings is 1. The normalized spacial score (nSPS) is 14.3. The Balaban J connectivity index is 1.38. The zero-order valence-corrected chi connectivity index (χ0v) is 19.6. The SMILES string of the molecule is CNC(=O)c1ccc(Nc2ncnc3c2c(F)cn3C2CCN(c3ccc(Cl)cn3)CC2)c(F)c1. The largest absolute Gasteiger partial charge is 0.356 e. The first-order valence-electron chi connectivity index (χ1n) is 11.1. The van der Waals surface area contributed by atoms with Crippen molar-refractivity contribution in [2.75, 3.05) is 30.4 Å². The van der Waals surface area contributed by atoms with Crippen molar-refractivity contribution in [1.82, 2.24) is 24.8 Å². The van der Waals surface area contributed by atoms with Crippen molar-refractivity contribution in [3.8, 4) is 0 Å². The Morgan fingerprint density at radius 3 is 2.57 bits per heavy atom. The number of carbonyl (C=O) groups excluding carboxylic acids is 1. The third-order valence-corrected chi connectivity index (χ3v) is 6.39. The molecule has 0 saturated carbocycles. The lowest BCUT2D eigenvalue weighted by atomic mass is 10.0. The number of carbonyl (C=O) groups is 1. The van der Waals surface area contributed by atoms with Crippen LogP contribution in [-0.2, 0) is 0 Å². The first-order chi connectivity index (χ1) is 16.9. The molecule has 0 spiro atoms. The van der Waals surface area contributed by atoms with Crippen molar-refractivity contribution in [1.29, 1.82) is 0 Å². The van der Waals surface area contributed by atoms with Gasteiger partial charge in [0.15, 0.2) is 5.82 Å². The fourth-order valence-corrected chi connectivity index (χ4v) is 4.48. The average molecular weight is 498 g/mol. The van der Waals surface area contributed by atoms with Gasteiger partial charge in [0.25, 0.3) is 5.91 Å². The number of piperidine rings is 1. The molecular weight excluding hydrogens is 476 g/mol. The predicted octanol–water partition coefficient (Wildman–Crippen LogP) is 4.70. The predicted molar refractivity (Wildman–Crippen MR) is 130 cm³/mol. The van der Waals surface area contributed by atoms with Crippen molar-refractivity contribution in [2.45, 2.75) is 18.9 Å². The maximum Gasteiger partial charge on any atom is 0.251 e. The molecule has 1 aliphatic rings. The minimum absolute atomic E-state index is 0.0388. The van der Waals surface area contributed by atoms with E-state index in [2.05, 4.69) is 30.5 Å². The van der Waals surface area contributed by atoms with Crippen LogP contribution in [0.5, 0.6) is 0 Å². The van der Waals surface area contributed by atoms with E-state index in [0.717, 1.165) is 37.8 Å². The van der Waals surface area contributed by atoms with Crippen LogP contribution in [0.25, 0.3) is 11.0 Å². The second-order valence-electron chi connectivity index (χ2n) is 8.26. The number of aromatic nitrogens is 4. The molecule has 1 amide bonds. The highest BCUT2D eigenvalue weighted by atomic mass is 35.5. The first-order valence-corrected chi connectivity index (χ1v) is 11.5. The fourth-order valence-electron chi connectivity index (χ4n) is 4.37. The second kappa shape index (κ2) is 9.46. The summed E-state index contributed by atoms with van der Waals surface area (Å²) in [5, 5.41) is 6.07. The van der Waals surface area contributed by atoms with Crippen LogP contribution in [0.15, 0.2) is 49.1 Å². The van der Waals surface area contributed by atoms with Gasteiger partial charge in [-0.2, -0.15) is 0 Å². The maximum absolute atomic E-state index is 15.1. The Morgan fingerprint density at radius 2 is 1.89 bits per heavy atom. The third kappa shape index (κ3) is 4.49. The van der Waals surface area contributed by atoms with E-state index in [9.17, 15) is 9.18 Å². The van der Waals surface area contributed by atoms with Crippen LogP contribution in [-0.4, -0.2) is 45.6 Å². The van der Waals surface area contributed by atoms with Crippen LogP contribution in [0.2, 0.25) is 5.02 Å². The van der Waals surface area contributed by atoms with Crippen LogP contribution in [0, 0.1) is 11.6 Å². The van der Waals surface area contributed by atoms with E-state index in [-0.39, 0.29) is 28.5 Å². The summed E-state index contributed by atoms with van der Waals surface area (Å²) in [6.45, 7) is 1.50. The zero-order valence-electron chi connectivity index (χ0n) is 18.8. The van der Waals surface area contributed by atoms with Gasteiger partial charge in [-0.1, -0.05) is 11.6 Å². The fraction of sp³-hybridized carbons (Fsp3) is 0.250. The Bertz CT molecular complexity index is 1380. The van der Waals surface area contributed by atoms with E-state index in [1.165, 1.54) is 31.7 Å². The third-order valence-electron chi connectivity index (χ3n) is 6.17. The second-order valence-corrected chi connectivity index (χ2v) is 8.69. The molecule has 1 aliphatic heterocycles. The van der Waals surface area contributed by atoms with E-state index in [0.29, 0.717) is 10.7 Å². The lowest BCUT2D eigenvalue weighted by molar-refractivity contribution is 0.0962. The molecule has 8 nitrogen and oxygen atoms in total. The molecule has 0 atom stereocenters. The molecule has 0 unspecified atom stereocenters. The monoisotopic (exact) mass is 497 g/mol. The molecule has 180 valence electrons. The molecule has 1 fully saturated rings. The smallest absolute Gasteiger partial charge is 0.251 e. The highest BCUT2D eigenvalue weighted by molar-refractivity contribution is 6.30. The molecule has 11 heteroatoms. The van der Waals surface area contributed by atoms with Gasteiger partial charge in [-0.25, -0.2) is 23.7 Å². The molecule has 0 bridgehead atoms. The Hall–Kier alpha value is -3.79. The number of nitrogens with one attached hydrogen (secondary N) is 2.